The summed E-state index contributed by atoms with van der Waals surface area (Å²) in [6.07, 6.45) is 0.0741. The predicted molar refractivity (Wildman–Crippen MR) is 121 cm³/mol. The molecule has 1 aliphatic rings. The lowest BCUT2D eigenvalue weighted by atomic mass is 10.0. The van der Waals surface area contributed by atoms with Gasteiger partial charge in [0.1, 0.15) is 19.0 Å². The number of rotatable bonds is 5. The number of methoxy groups -OCH3 is 2. The highest BCUT2D eigenvalue weighted by molar-refractivity contribution is 5.98. The van der Waals surface area contributed by atoms with Gasteiger partial charge in [0.2, 0.25) is 11.8 Å². The number of likely N-dealkylation sites (N-methyl/N-ethyl adjacent to an activating group) is 1. The van der Waals surface area contributed by atoms with Crippen LogP contribution in [0.5, 0.6) is 5.75 Å². The first-order valence-electron chi connectivity index (χ1n) is 10.8. The lowest BCUT2D eigenvalue weighted by molar-refractivity contribution is -0.139. The van der Waals surface area contributed by atoms with Crippen molar-refractivity contribution in [3.05, 3.63) is 23.8 Å². The zero-order chi connectivity index (χ0) is 23.8. The van der Waals surface area contributed by atoms with E-state index in [1.54, 1.807) is 49.1 Å². The number of nitrogens with one attached hydrogen (secondary N) is 1. The van der Waals surface area contributed by atoms with Gasteiger partial charge in [-0.25, -0.2) is 0 Å². The fraction of sp³-hybridized carbons (Fsp3) is 0.609. The fourth-order valence-corrected chi connectivity index (χ4v) is 3.65. The molecule has 9 heteroatoms. The zero-order valence-corrected chi connectivity index (χ0v) is 19.8. The summed E-state index contributed by atoms with van der Waals surface area (Å²) in [6, 6.07) is 4.70. The van der Waals surface area contributed by atoms with Crippen LogP contribution in [0.4, 0.5) is 5.69 Å². The van der Waals surface area contributed by atoms with Gasteiger partial charge in [-0.2, -0.15) is 0 Å². The van der Waals surface area contributed by atoms with Gasteiger partial charge in [0.05, 0.1) is 17.7 Å². The molecule has 0 bridgehead atoms. The van der Waals surface area contributed by atoms with Crippen LogP contribution in [0, 0.1) is 5.92 Å². The largest absolute Gasteiger partial charge is 0.491 e. The summed E-state index contributed by atoms with van der Waals surface area (Å²) in [5.74, 6) is -0.157. The van der Waals surface area contributed by atoms with Crippen molar-refractivity contribution in [1.82, 2.24) is 9.80 Å². The highest BCUT2D eigenvalue weighted by Gasteiger charge is 2.30. The normalized spacial score (nSPS) is 22.3. The van der Waals surface area contributed by atoms with Crippen molar-refractivity contribution in [2.75, 3.05) is 52.9 Å². The maximum atomic E-state index is 13.2. The molecule has 0 radical (unpaired) electrons. The molecular weight excluding hydrogens is 414 g/mol. The molecule has 3 atom stereocenters. The number of hydrogen-bond acceptors (Lipinski definition) is 6. The molecule has 1 aromatic carbocycles. The Morgan fingerprint density at radius 3 is 2.56 bits per heavy atom. The van der Waals surface area contributed by atoms with Crippen LogP contribution in [0.15, 0.2) is 18.2 Å². The highest BCUT2D eigenvalue weighted by atomic mass is 16.5. The molecule has 2 rings (SSSR count). The number of carbonyl (C=O) groups excluding carboxylic acids is 3. The smallest absolute Gasteiger partial charge is 0.257 e. The molecule has 0 aromatic heterocycles. The van der Waals surface area contributed by atoms with E-state index in [2.05, 4.69) is 5.32 Å². The molecule has 0 aliphatic carbocycles. The molecule has 1 heterocycles. The van der Waals surface area contributed by atoms with Crippen molar-refractivity contribution in [2.24, 2.45) is 5.92 Å². The average Bonchev–Trinajstić information content (AvgIpc) is 2.78. The summed E-state index contributed by atoms with van der Waals surface area (Å²) < 4.78 is 16.8. The van der Waals surface area contributed by atoms with Gasteiger partial charge in [0.15, 0.2) is 0 Å². The molecule has 9 nitrogen and oxygen atoms in total. The number of hydrogen-bond donors (Lipinski definition) is 1. The van der Waals surface area contributed by atoms with E-state index in [0.717, 1.165) is 0 Å². The van der Waals surface area contributed by atoms with Gasteiger partial charge in [0.25, 0.3) is 5.91 Å². The second-order valence-corrected chi connectivity index (χ2v) is 8.19. The minimum Gasteiger partial charge on any atom is -0.491 e. The van der Waals surface area contributed by atoms with Crippen molar-refractivity contribution < 1.29 is 28.6 Å². The van der Waals surface area contributed by atoms with E-state index in [1.807, 2.05) is 13.8 Å². The van der Waals surface area contributed by atoms with Gasteiger partial charge in [-0.05, 0) is 19.1 Å². The number of ether oxygens (including phenoxy) is 3. The number of carbonyl (C=O) groups is 3. The first-order valence-corrected chi connectivity index (χ1v) is 10.8. The van der Waals surface area contributed by atoms with Crippen molar-refractivity contribution in [3.63, 3.8) is 0 Å². The van der Waals surface area contributed by atoms with Crippen LogP contribution >= 0.6 is 0 Å². The first-order chi connectivity index (χ1) is 15.2. The van der Waals surface area contributed by atoms with Crippen LogP contribution in [-0.4, -0.2) is 87.2 Å². The molecule has 0 spiro atoms. The quantitative estimate of drug-likeness (QED) is 0.739. The van der Waals surface area contributed by atoms with E-state index in [-0.39, 0.29) is 49.0 Å². The Balaban J connectivity index is 2.44. The van der Waals surface area contributed by atoms with Gasteiger partial charge in [-0.1, -0.05) is 13.8 Å². The maximum absolute atomic E-state index is 13.2. The number of benzene rings is 1. The Kier molecular flexibility index (Phi) is 9.46. The van der Waals surface area contributed by atoms with Crippen LogP contribution in [-0.2, 0) is 19.1 Å². The molecule has 0 saturated carbocycles. The van der Waals surface area contributed by atoms with Crippen molar-refractivity contribution in [1.29, 1.82) is 0 Å². The first kappa shape index (κ1) is 25.6. The van der Waals surface area contributed by atoms with Crippen LogP contribution < -0.4 is 10.1 Å². The molecule has 1 aliphatic heterocycles. The molecule has 1 N–H and O–H groups in total. The highest BCUT2D eigenvalue weighted by Crippen LogP contribution is 2.27. The van der Waals surface area contributed by atoms with E-state index < -0.39 is 0 Å². The van der Waals surface area contributed by atoms with E-state index in [9.17, 15) is 14.4 Å². The molecule has 0 saturated heterocycles. The lowest BCUT2D eigenvalue weighted by Gasteiger charge is -2.36. The van der Waals surface area contributed by atoms with Crippen LogP contribution in [0.25, 0.3) is 0 Å². The molecule has 3 amide bonds. The SMILES string of the molecule is CCC(=O)Nc1ccc2c(c1)OC[C@@H](C)N(C(=O)COC)C[C@@H](C)[C@@H](OC)CN(C)C2=O. The number of anilines is 1. The van der Waals surface area contributed by atoms with Gasteiger partial charge < -0.3 is 29.3 Å². The van der Waals surface area contributed by atoms with Crippen molar-refractivity contribution in [3.8, 4) is 5.75 Å². The Labute approximate surface area is 190 Å². The number of amides is 3. The summed E-state index contributed by atoms with van der Waals surface area (Å²) in [5.41, 5.74) is 0.925. The third kappa shape index (κ3) is 6.43. The molecule has 178 valence electrons. The monoisotopic (exact) mass is 449 g/mol. The molecular formula is C23H35N3O6. The summed E-state index contributed by atoms with van der Waals surface area (Å²) in [7, 11) is 4.80. The summed E-state index contributed by atoms with van der Waals surface area (Å²) in [6.45, 7) is 6.59. The van der Waals surface area contributed by atoms with Crippen LogP contribution in [0.3, 0.4) is 0 Å². The predicted octanol–water partition coefficient (Wildman–Crippen LogP) is 2.01. The van der Waals surface area contributed by atoms with Gasteiger partial charge >= 0.3 is 0 Å². The van der Waals surface area contributed by atoms with E-state index in [0.29, 0.717) is 36.5 Å². The van der Waals surface area contributed by atoms with Gasteiger partial charge in [0, 0.05) is 58.4 Å². The second kappa shape index (κ2) is 11.8. The minimum atomic E-state index is -0.272. The standard InChI is InChI=1S/C23H35N3O6/c1-7-21(27)24-17-8-9-18-19(10-17)32-13-16(3)26(22(28)14-30-5)11-15(2)20(31-6)12-25(4)23(18)29/h8-10,15-16,20H,7,11-14H2,1-6H3,(H,24,27)/t15-,16-,20+/m1/s1. The fourth-order valence-electron chi connectivity index (χ4n) is 3.65. The van der Waals surface area contributed by atoms with Crippen molar-refractivity contribution in [2.45, 2.75) is 39.3 Å². The lowest BCUT2D eigenvalue weighted by Crippen LogP contribution is -2.49. The maximum Gasteiger partial charge on any atom is 0.257 e. The Bertz CT molecular complexity index is 815. The van der Waals surface area contributed by atoms with Gasteiger partial charge in [-0.3, -0.25) is 14.4 Å². The molecule has 0 unspecified atom stereocenters. The Morgan fingerprint density at radius 1 is 1.22 bits per heavy atom. The minimum absolute atomic E-state index is 0.0240. The summed E-state index contributed by atoms with van der Waals surface area (Å²) >= 11 is 0. The van der Waals surface area contributed by atoms with E-state index >= 15 is 0 Å². The Morgan fingerprint density at radius 2 is 1.94 bits per heavy atom. The van der Waals surface area contributed by atoms with Crippen LogP contribution in [0.2, 0.25) is 0 Å². The molecule has 0 fully saturated rings. The average molecular weight is 450 g/mol. The third-order valence-electron chi connectivity index (χ3n) is 5.64. The summed E-state index contributed by atoms with van der Waals surface area (Å²) in [5, 5.41) is 2.79. The van der Waals surface area contributed by atoms with Gasteiger partial charge in [-0.15, -0.1) is 0 Å². The number of fused-ring (bicyclic) bond motifs is 1. The van der Waals surface area contributed by atoms with Crippen LogP contribution in [0.1, 0.15) is 37.6 Å². The topological polar surface area (TPSA) is 97.4 Å². The summed E-state index contributed by atoms with van der Waals surface area (Å²) in [4.78, 5) is 41.0. The van der Waals surface area contributed by atoms with Crippen molar-refractivity contribution >= 4 is 23.4 Å². The molecule has 32 heavy (non-hydrogen) atoms. The third-order valence-corrected chi connectivity index (χ3v) is 5.64. The van der Waals surface area contributed by atoms with E-state index in [4.69, 9.17) is 14.2 Å². The second-order valence-electron chi connectivity index (χ2n) is 8.19. The Hall–Kier alpha value is -2.65. The number of nitrogens with zero attached hydrogens (tertiary/aromatic N) is 2. The molecule has 1 aromatic rings. The van der Waals surface area contributed by atoms with E-state index in [1.165, 1.54) is 7.11 Å². The zero-order valence-electron chi connectivity index (χ0n) is 19.8.